The second-order valence-electron chi connectivity index (χ2n) is 9.70. The van der Waals surface area contributed by atoms with E-state index >= 15 is 0 Å². The predicted octanol–water partition coefficient (Wildman–Crippen LogP) is 6.58. The van der Waals surface area contributed by atoms with Gasteiger partial charge >= 0.3 is 12.4 Å². The van der Waals surface area contributed by atoms with Gasteiger partial charge in [0.25, 0.3) is 0 Å². The summed E-state index contributed by atoms with van der Waals surface area (Å²) in [4.78, 5) is 8.81. The molecule has 39 heavy (non-hydrogen) atoms. The lowest BCUT2D eigenvalue weighted by Gasteiger charge is -2.34. The predicted molar refractivity (Wildman–Crippen MR) is 132 cm³/mol. The van der Waals surface area contributed by atoms with E-state index in [0.29, 0.717) is 39.3 Å². The molecule has 0 unspecified atom stereocenters. The van der Waals surface area contributed by atoms with Crippen LogP contribution in [0.25, 0.3) is 11.0 Å². The maximum Gasteiger partial charge on any atom is 0.416 e. The van der Waals surface area contributed by atoms with Crippen LogP contribution in [-0.4, -0.2) is 45.5 Å². The average molecular weight is 551 g/mol. The maximum absolute atomic E-state index is 13.4. The van der Waals surface area contributed by atoms with Gasteiger partial charge in [-0.2, -0.15) is 26.3 Å². The lowest BCUT2D eigenvalue weighted by Crippen LogP contribution is -2.45. The number of fused-ring (bicyclic) bond motifs is 1. The first-order valence-corrected chi connectivity index (χ1v) is 12.4. The van der Waals surface area contributed by atoms with E-state index in [4.69, 9.17) is 4.98 Å². The molecule has 0 amide bonds. The Morgan fingerprint density at radius 2 is 1.21 bits per heavy atom. The number of nitrogens with zero attached hydrogens (tertiary/aromatic N) is 4. The summed E-state index contributed by atoms with van der Waals surface area (Å²) in [6.07, 6.45) is -9.73. The molecule has 5 rings (SSSR count). The van der Waals surface area contributed by atoms with Crippen molar-refractivity contribution >= 4 is 11.0 Å². The molecule has 4 nitrogen and oxygen atoms in total. The number of piperazine rings is 1. The van der Waals surface area contributed by atoms with Crippen molar-refractivity contribution in [1.82, 2.24) is 19.4 Å². The van der Waals surface area contributed by atoms with Crippen LogP contribution in [0.3, 0.4) is 0 Å². The van der Waals surface area contributed by atoms with Crippen molar-refractivity contribution in [1.29, 1.82) is 0 Å². The Bertz CT molecular complexity index is 1400. The number of aromatic nitrogens is 2. The molecule has 0 spiro atoms. The summed E-state index contributed by atoms with van der Waals surface area (Å²) < 4.78 is 94.8. The number of rotatable bonds is 6. The first-order chi connectivity index (χ1) is 18.5. The van der Waals surface area contributed by atoms with E-state index in [1.807, 2.05) is 29.2 Å². The van der Waals surface area contributed by atoms with E-state index in [2.05, 4.69) is 9.47 Å². The quantitative estimate of drug-likeness (QED) is 0.254. The van der Waals surface area contributed by atoms with Crippen LogP contribution in [0, 0.1) is 5.82 Å². The molecule has 1 saturated heterocycles. The van der Waals surface area contributed by atoms with Gasteiger partial charge in [-0.25, -0.2) is 9.37 Å². The van der Waals surface area contributed by atoms with E-state index in [1.165, 1.54) is 12.1 Å². The summed E-state index contributed by atoms with van der Waals surface area (Å²) in [7, 11) is 0. The summed E-state index contributed by atoms with van der Waals surface area (Å²) >= 11 is 0. The fourth-order valence-electron chi connectivity index (χ4n) is 4.87. The summed E-state index contributed by atoms with van der Waals surface area (Å²) in [5, 5.41) is 0. The van der Waals surface area contributed by atoms with Gasteiger partial charge in [0, 0.05) is 39.3 Å². The first kappa shape index (κ1) is 27.1. The summed E-state index contributed by atoms with van der Waals surface area (Å²) in [5.74, 6) is 0.508. The minimum atomic E-state index is -4.87. The van der Waals surface area contributed by atoms with Crippen molar-refractivity contribution in [3.05, 3.63) is 101 Å². The smallest absolute Gasteiger partial charge is 0.322 e. The van der Waals surface area contributed by atoms with Gasteiger partial charge in [-0.15, -0.1) is 0 Å². The lowest BCUT2D eigenvalue weighted by molar-refractivity contribution is -0.143. The Morgan fingerprint density at radius 1 is 0.641 bits per heavy atom. The van der Waals surface area contributed by atoms with Gasteiger partial charge in [0.1, 0.15) is 11.6 Å². The van der Waals surface area contributed by atoms with Crippen molar-refractivity contribution in [2.45, 2.75) is 32.0 Å². The molecule has 0 radical (unpaired) electrons. The molecule has 2 heterocycles. The minimum absolute atomic E-state index is 0.0100. The van der Waals surface area contributed by atoms with Crippen molar-refractivity contribution in [3.8, 4) is 0 Å². The molecule has 206 valence electrons. The third kappa shape index (κ3) is 6.42. The number of hydrogen-bond donors (Lipinski definition) is 0. The van der Waals surface area contributed by atoms with Crippen LogP contribution in [0.4, 0.5) is 30.7 Å². The van der Waals surface area contributed by atoms with Gasteiger partial charge in [-0.3, -0.25) is 9.80 Å². The fourth-order valence-corrected chi connectivity index (χ4v) is 4.87. The van der Waals surface area contributed by atoms with Crippen LogP contribution < -0.4 is 0 Å². The van der Waals surface area contributed by atoms with Gasteiger partial charge < -0.3 is 4.57 Å². The molecule has 1 aliphatic rings. The summed E-state index contributed by atoms with van der Waals surface area (Å²) in [6.45, 7) is 3.13. The zero-order chi connectivity index (χ0) is 27.8. The van der Waals surface area contributed by atoms with Gasteiger partial charge in [0.05, 0.1) is 28.7 Å². The van der Waals surface area contributed by atoms with Crippen molar-refractivity contribution in [2.24, 2.45) is 0 Å². The van der Waals surface area contributed by atoms with Crippen LogP contribution in [-0.2, 0) is 32.0 Å². The average Bonchev–Trinajstić information content (AvgIpc) is 3.22. The minimum Gasteiger partial charge on any atom is -0.322 e. The van der Waals surface area contributed by atoms with Crippen molar-refractivity contribution in [2.75, 3.05) is 26.2 Å². The second-order valence-corrected chi connectivity index (χ2v) is 9.70. The second kappa shape index (κ2) is 10.6. The maximum atomic E-state index is 13.4. The fraction of sp³-hybridized carbons (Fsp3) is 0.321. The number of imidazole rings is 1. The molecule has 1 aliphatic heterocycles. The number of alkyl halides is 6. The van der Waals surface area contributed by atoms with Crippen molar-refractivity contribution < 1.29 is 30.7 Å². The highest BCUT2D eigenvalue weighted by molar-refractivity contribution is 5.76. The van der Waals surface area contributed by atoms with Gasteiger partial charge in [-0.05, 0) is 53.6 Å². The van der Waals surface area contributed by atoms with Crippen LogP contribution >= 0.6 is 0 Å². The molecule has 3 aromatic carbocycles. The standard InChI is InChI=1S/C28H25F7N4/c29-23-7-5-19(6-8-23)17-39-25-4-2-1-3-24(25)36-26(39)18-38-11-9-37(10-12-38)16-20-13-21(27(30,31)32)15-22(14-20)28(33,34)35/h1-8,13-15H,9-12,16-18H2. The lowest BCUT2D eigenvalue weighted by atomic mass is 10.0. The number of benzene rings is 3. The van der Waals surface area contributed by atoms with Gasteiger partial charge in [-0.1, -0.05) is 24.3 Å². The van der Waals surface area contributed by atoms with Crippen molar-refractivity contribution in [3.63, 3.8) is 0 Å². The van der Waals surface area contributed by atoms with Gasteiger partial charge in [0.2, 0.25) is 0 Å². The van der Waals surface area contributed by atoms with E-state index in [0.717, 1.165) is 34.6 Å². The van der Waals surface area contributed by atoms with Gasteiger partial charge in [0.15, 0.2) is 0 Å². The number of hydrogen-bond acceptors (Lipinski definition) is 3. The summed E-state index contributed by atoms with van der Waals surface area (Å²) in [6, 6.07) is 15.7. The molecule has 4 aromatic rings. The molecule has 0 N–H and O–H groups in total. The van der Waals surface area contributed by atoms with E-state index in [1.54, 1.807) is 12.1 Å². The van der Waals surface area contributed by atoms with E-state index in [-0.39, 0.29) is 24.0 Å². The van der Waals surface area contributed by atoms with Crippen LogP contribution in [0.1, 0.15) is 28.1 Å². The molecule has 0 saturated carbocycles. The Labute approximate surface area is 220 Å². The van der Waals surface area contributed by atoms with Crippen LogP contribution in [0.15, 0.2) is 66.7 Å². The summed E-state index contributed by atoms with van der Waals surface area (Å²) in [5.41, 5.74) is 0.0763. The Morgan fingerprint density at radius 3 is 1.79 bits per heavy atom. The topological polar surface area (TPSA) is 24.3 Å². The molecule has 1 aromatic heterocycles. The monoisotopic (exact) mass is 550 g/mol. The molecule has 0 atom stereocenters. The van der Waals surface area contributed by atoms with E-state index in [9.17, 15) is 30.7 Å². The van der Waals surface area contributed by atoms with Crippen LogP contribution in [0.5, 0.6) is 0 Å². The normalized spacial score (nSPS) is 15.8. The third-order valence-corrected chi connectivity index (χ3v) is 6.87. The molecule has 1 fully saturated rings. The van der Waals surface area contributed by atoms with Crippen LogP contribution in [0.2, 0.25) is 0 Å². The Kier molecular flexibility index (Phi) is 7.39. The highest BCUT2D eigenvalue weighted by atomic mass is 19.4. The SMILES string of the molecule is Fc1ccc(Cn2c(CN3CCN(Cc4cc(C(F)(F)F)cc(C(F)(F)F)c4)CC3)nc3ccccc32)cc1. The molecule has 0 aliphatic carbocycles. The number of para-hydroxylation sites is 2. The molecular weight excluding hydrogens is 525 g/mol. The van der Waals surface area contributed by atoms with E-state index < -0.39 is 23.5 Å². The molecule has 11 heteroatoms. The first-order valence-electron chi connectivity index (χ1n) is 12.4. The molecule has 0 bridgehead atoms. The highest BCUT2D eigenvalue weighted by Gasteiger charge is 2.37. The zero-order valence-corrected chi connectivity index (χ0v) is 20.7. The largest absolute Gasteiger partial charge is 0.416 e. The number of halogens is 7. The zero-order valence-electron chi connectivity index (χ0n) is 20.7. The highest BCUT2D eigenvalue weighted by Crippen LogP contribution is 2.36. The Hall–Kier alpha value is -3.44. The third-order valence-electron chi connectivity index (χ3n) is 6.87. The molecular formula is C28H25F7N4. The Balaban J connectivity index is 1.28.